The number of hydrogen-bond acceptors (Lipinski definition) is 3. The molecule has 0 radical (unpaired) electrons. The van der Waals surface area contributed by atoms with Gasteiger partial charge in [0.2, 0.25) is 11.9 Å². The van der Waals surface area contributed by atoms with Crippen molar-refractivity contribution in [3.8, 4) is 34.2 Å². The Morgan fingerprint density at radius 3 is 2.31 bits per heavy atom. The number of pyridine rings is 2. The summed E-state index contributed by atoms with van der Waals surface area (Å²) in [6.45, 7) is 1.75. The average molecular weight is 460 g/mol. The van der Waals surface area contributed by atoms with Crippen molar-refractivity contribution in [2.45, 2.75) is 6.92 Å². The summed E-state index contributed by atoms with van der Waals surface area (Å²) in [5.74, 6) is 0.636. The Labute approximate surface area is 201 Å². The second-order valence-electron chi connectivity index (χ2n) is 8.38. The van der Waals surface area contributed by atoms with Gasteiger partial charge in [-0.1, -0.05) is 18.2 Å². The van der Waals surface area contributed by atoms with Crippen molar-refractivity contribution in [1.29, 1.82) is 0 Å². The summed E-state index contributed by atoms with van der Waals surface area (Å²) in [7, 11) is 0. The summed E-state index contributed by atoms with van der Waals surface area (Å²) in [4.78, 5) is 4.81. The molecule has 0 spiro atoms. The van der Waals surface area contributed by atoms with Crippen LogP contribution in [-0.4, -0.2) is 14.1 Å². The van der Waals surface area contributed by atoms with Crippen LogP contribution in [0, 0.1) is 17.3 Å². The number of rotatable bonds is 4. The molecule has 0 amide bonds. The van der Waals surface area contributed by atoms with Crippen LogP contribution in [0.25, 0.3) is 45.1 Å². The largest absolute Gasteiger partial charge is 0.618 e. The predicted molar refractivity (Wildman–Crippen MR) is 134 cm³/mol. The minimum atomic E-state index is 0.435. The smallest absolute Gasteiger partial charge is 0.243 e. The van der Waals surface area contributed by atoms with Crippen LogP contribution in [0.2, 0.25) is 0 Å². The number of nitrogens with zero attached hydrogens (tertiary/aromatic N) is 5. The van der Waals surface area contributed by atoms with E-state index in [1.807, 2.05) is 47.0 Å². The molecule has 0 aliphatic heterocycles. The Morgan fingerprint density at radius 2 is 1.51 bits per heavy atom. The lowest BCUT2D eigenvalue weighted by atomic mass is 10.2. The molecule has 0 saturated heterocycles. The van der Waals surface area contributed by atoms with Gasteiger partial charge >= 0.3 is 0 Å². The molecule has 35 heavy (non-hydrogen) atoms. The van der Waals surface area contributed by atoms with E-state index in [1.54, 1.807) is 37.4 Å². The van der Waals surface area contributed by atoms with E-state index < -0.39 is 0 Å². The number of benzene rings is 2. The molecule has 0 aliphatic rings. The second kappa shape index (κ2) is 8.14. The first-order valence-electron chi connectivity index (χ1n) is 11.2. The molecule has 0 aliphatic carbocycles. The standard InChI is InChI=1S/C28H21N5O2/c1-20-9-12-24(18-33(20)35)31-19-25(27-8-4-5-16-32(27)34)29-28(31)22-10-13-23(14-11-22)30-17-15-21-6-2-3-7-26(21)30/h2-19H,1H3. The van der Waals surface area contributed by atoms with E-state index in [0.717, 1.165) is 26.2 Å². The quantitative estimate of drug-likeness (QED) is 0.283. The van der Waals surface area contributed by atoms with Gasteiger partial charge in [0.05, 0.1) is 5.52 Å². The molecule has 0 N–H and O–H groups in total. The lowest BCUT2D eigenvalue weighted by molar-refractivity contribution is -0.612. The molecular weight excluding hydrogens is 438 g/mol. The minimum absolute atomic E-state index is 0.435. The molecule has 170 valence electrons. The molecule has 2 aromatic carbocycles. The molecule has 6 aromatic rings. The fourth-order valence-electron chi connectivity index (χ4n) is 4.30. The first-order valence-corrected chi connectivity index (χ1v) is 11.2. The van der Waals surface area contributed by atoms with Crippen molar-refractivity contribution in [1.82, 2.24) is 14.1 Å². The molecular formula is C28H21N5O2. The lowest BCUT2D eigenvalue weighted by Gasteiger charge is -2.10. The highest BCUT2D eigenvalue weighted by atomic mass is 16.5. The fraction of sp³-hybridized carbons (Fsp3) is 0.0357. The average Bonchev–Trinajstić information content (AvgIpc) is 3.51. The first-order chi connectivity index (χ1) is 17.1. The number of imidazole rings is 1. The van der Waals surface area contributed by atoms with Crippen molar-refractivity contribution in [3.05, 3.63) is 126 Å². The van der Waals surface area contributed by atoms with E-state index in [-0.39, 0.29) is 0 Å². The summed E-state index contributed by atoms with van der Waals surface area (Å²) >= 11 is 0. The van der Waals surface area contributed by atoms with Crippen LogP contribution in [0.3, 0.4) is 0 Å². The Hall–Kier alpha value is -4.91. The van der Waals surface area contributed by atoms with Gasteiger partial charge in [-0.2, -0.15) is 9.46 Å². The molecule has 7 heteroatoms. The highest BCUT2D eigenvalue weighted by Gasteiger charge is 2.19. The van der Waals surface area contributed by atoms with Crippen molar-refractivity contribution >= 4 is 10.9 Å². The van der Waals surface area contributed by atoms with E-state index in [4.69, 9.17) is 4.98 Å². The zero-order valence-corrected chi connectivity index (χ0v) is 18.9. The summed E-state index contributed by atoms with van der Waals surface area (Å²) in [6, 6.07) is 27.3. The van der Waals surface area contributed by atoms with Crippen LogP contribution >= 0.6 is 0 Å². The van der Waals surface area contributed by atoms with Crippen LogP contribution in [0.15, 0.2) is 110 Å². The van der Waals surface area contributed by atoms with Crippen LogP contribution in [0.4, 0.5) is 0 Å². The van der Waals surface area contributed by atoms with Gasteiger partial charge in [-0.05, 0) is 53.9 Å². The summed E-state index contributed by atoms with van der Waals surface area (Å²) < 4.78 is 5.60. The Bertz CT molecular complexity index is 1680. The molecule has 0 saturated carbocycles. The number of fused-ring (bicyclic) bond motifs is 1. The monoisotopic (exact) mass is 459 g/mol. The predicted octanol–water partition coefficient (Wildman–Crippen LogP) is 4.73. The Balaban J connectivity index is 1.48. The molecule has 0 fully saturated rings. The third-order valence-electron chi connectivity index (χ3n) is 6.17. The fourth-order valence-corrected chi connectivity index (χ4v) is 4.30. The van der Waals surface area contributed by atoms with Crippen LogP contribution in [-0.2, 0) is 0 Å². The number of para-hydroxylation sites is 1. The molecule has 0 atom stereocenters. The van der Waals surface area contributed by atoms with E-state index in [1.165, 1.54) is 17.8 Å². The maximum atomic E-state index is 12.4. The number of aryl methyl sites for hydroxylation is 1. The van der Waals surface area contributed by atoms with E-state index in [9.17, 15) is 10.4 Å². The molecule has 0 unspecified atom stereocenters. The zero-order chi connectivity index (χ0) is 23.9. The van der Waals surface area contributed by atoms with E-state index >= 15 is 0 Å². The third kappa shape index (κ3) is 3.59. The van der Waals surface area contributed by atoms with Gasteiger partial charge in [0.25, 0.3) is 0 Å². The number of hydrogen-bond donors (Lipinski definition) is 0. The highest BCUT2D eigenvalue weighted by Crippen LogP contribution is 2.28. The lowest BCUT2D eigenvalue weighted by Crippen LogP contribution is -2.29. The first kappa shape index (κ1) is 20.7. The maximum Gasteiger partial charge on any atom is 0.243 e. The van der Waals surface area contributed by atoms with Crippen molar-refractivity contribution < 1.29 is 9.46 Å². The SMILES string of the molecule is Cc1ccc(-n2cc(-c3cccc[n+]3[O-])nc2-c2ccc(-n3ccc4ccccc43)cc2)c[n+]1[O-]. The normalized spacial score (nSPS) is 11.2. The topological polar surface area (TPSA) is 76.6 Å². The van der Waals surface area contributed by atoms with Gasteiger partial charge < -0.3 is 15.0 Å². The highest BCUT2D eigenvalue weighted by molar-refractivity contribution is 5.82. The second-order valence-corrected chi connectivity index (χ2v) is 8.38. The Kier molecular flexibility index (Phi) is 4.81. The van der Waals surface area contributed by atoms with Crippen LogP contribution < -0.4 is 9.46 Å². The van der Waals surface area contributed by atoms with Crippen molar-refractivity contribution in [3.63, 3.8) is 0 Å². The van der Waals surface area contributed by atoms with Gasteiger partial charge in [0.1, 0.15) is 11.5 Å². The minimum Gasteiger partial charge on any atom is -0.618 e. The molecule has 7 nitrogen and oxygen atoms in total. The summed E-state index contributed by atoms with van der Waals surface area (Å²) in [5.41, 5.74) is 5.24. The van der Waals surface area contributed by atoms with Crippen LogP contribution in [0.1, 0.15) is 5.69 Å². The van der Waals surface area contributed by atoms with E-state index in [0.29, 0.717) is 28.6 Å². The maximum absolute atomic E-state index is 12.4. The number of aromatic nitrogens is 5. The van der Waals surface area contributed by atoms with Gasteiger partial charge in [0, 0.05) is 48.8 Å². The molecule has 0 bridgehead atoms. The van der Waals surface area contributed by atoms with Crippen molar-refractivity contribution in [2.24, 2.45) is 0 Å². The van der Waals surface area contributed by atoms with Gasteiger partial charge in [0.15, 0.2) is 17.6 Å². The summed E-state index contributed by atoms with van der Waals surface area (Å²) in [5, 5.41) is 25.9. The Morgan fingerprint density at radius 1 is 0.743 bits per heavy atom. The molecule has 6 rings (SSSR count). The van der Waals surface area contributed by atoms with E-state index in [2.05, 4.69) is 29.0 Å². The van der Waals surface area contributed by atoms with Gasteiger partial charge in [-0.3, -0.25) is 4.57 Å². The van der Waals surface area contributed by atoms with Crippen LogP contribution in [0.5, 0.6) is 0 Å². The van der Waals surface area contributed by atoms with Crippen molar-refractivity contribution in [2.75, 3.05) is 0 Å². The zero-order valence-electron chi connectivity index (χ0n) is 18.9. The third-order valence-corrected chi connectivity index (χ3v) is 6.17. The summed E-state index contributed by atoms with van der Waals surface area (Å²) in [6.07, 6.45) is 6.81. The van der Waals surface area contributed by atoms with Gasteiger partial charge in [-0.25, -0.2) is 4.98 Å². The van der Waals surface area contributed by atoms with Gasteiger partial charge in [-0.15, -0.1) is 0 Å². The molecule has 4 aromatic heterocycles. The molecule has 4 heterocycles.